The topological polar surface area (TPSA) is 228 Å². The van der Waals surface area contributed by atoms with Crippen LogP contribution >= 0.6 is 0 Å². The van der Waals surface area contributed by atoms with Crippen LogP contribution in [0.4, 0.5) is 0 Å². The quantitative estimate of drug-likeness (QED) is 0.0204. The molecule has 14 heteroatoms. The van der Waals surface area contributed by atoms with Gasteiger partial charge in [0, 0.05) is 6.42 Å². The summed E-state index contributed by atoms with van der Waals surface area (Å²) in [6.07, 6.45) is 43.7. The normalized spacial score (nSPS) is 24.9. The highest BCUT2D eigenvalue weighted by atomic mass is 16.7. The molecule has 12 unspecified atom stereocenters. The van der Waals surface area contributed by atoms with E-state index in [1.807, 2.05) is 6.08 Å². The van der Waals surface area contributed by atoms with Crippen molar-refractivity contribution in [3.63, 3.8) is 0 Å². The smallest absolute Gasteiger partial charge is 0.220 e. The van der Waals surface area contributed by atoms with Gasteiger partial charge in [0.25, 0.3) is 0 Å². The van der Waals surface area contributed by atoms with E-state index in [0.29, 0.717) is 12.8 Å². The maximum Gasteiger partial charge on any atom is 0.220 e. The Morgan fingerprint density at radius 3 is 1.27 bits per heavy atom. The molecule has 2 rings (SSSR count). The van der Waals surface area contributed by atoms with Gasteiger partial charge >= 0.3 is 0 Å². The number of aliphatic hydroxyl groups excluding tert-OH is 8. The molecule has 2 fully saturated rings. The summed E-state index contributed by atoms with van der Waals surface area (Å²) in [6, 6.07) is -0.934. The number of hydrogen-bond donors (Lipinski definition) is 9. The van der Waals surface area contributed by atoms with Gasteiger partial charge in [-0.05, 0) is 44.9 Å². The van der Waals surface area contributed by atoms with Crippen LogP contribution in [0.25, 0.3) is 0 Å². The first-order chi connectivity index (χ1) is 37.6. The molecule has 77 heavy (non-hydrogen) atoms. The predicted octanol–water partition coefficient (Wildman–Crippen LogP) is 11.4. The van der Waals surface area contributed by atoms with Crippen LogP contribution in [0.2, 0.25) is 0 Å². The molecule has 14 nitrogen and oxygen atoms in total. The van der Waals surface area contributed by atoms with Crippen LogP contribution in [-0.4, -0.2) is 140 Å². The minimum atomic E-state index is -1.79. The Labute approximate surface area is 468 Å². The van der Waals surface area contributed by atoms with Gasteiger partial charge in [0.05, 0.1) is 32.0 Å². The van der Waals surface area contributed by atoms with Crippen molar-refractivity contribution in [2.45, 2.75) is 338 Å². The maximum absolute atomic E-state index is 13.2. The van der Waals surface area contributed by atoms with Crippen LogP contribution in [0.3, 0.4) is 0 Å². The van der Waals surface area contributed by atoms with E-state index < -0.39 is 86.8 Å². The standard InChI is InChI=1S/C63H117NO13/c1-3-5-7-9-11-13-15-16-17-18-19-20-21-22-23-24-25-26-27-28-29-30-31-32-33-34-35-37-38-40-42-44-46-52(67)51(64-55(68)47-45-43-41-39-36-14-12-10-8-6-4-2)50-74-62-60(73)58(71)61(54(49-66)76-62)77-63-59(72)57(70)56(69)53(48-65)75-63/h32-33,37-38,44,46,51-54,56-63,65-67,69-73H,3-31,34-36,39-43,45,47-50H2,1-2H3,(H,64,68)/b33-32+,38-37+,46-44+. The van der Waals surface area contributed by atoms with Gasteiger partial charge < -0.3 is 65.1 Å². The second kappa shape index (κ2) is 48.9. The third-order valence-corrected chi connectivity index (χ3v) is 15.6. The fourth-order valence-electron chi connectivity index (χ4n) is 10.4. The van der Waals surface area contributed by atoms with Gasteiger partial charge in [-0.25, -0.2) is 0 Å². The van der Waals surface area contributed by atoms with Crippen molar-refractivity contribution in [3.05, 3.63) is 36.5 Å². The van der Waals surface area contributed by atoms with Crippen molar-refractivity contribution in [1.29, 1.82) is 0 Å². The Balaban J connectivity index is 1.67. The average Bonchev–Trinajstić information content (AvgIpc) is 3.43. The predicted molar refractivity (Wildman–Crippen MR) is 309 cm³/mol. The summed E-state index contributed by atoms with van der Waals surface area (Å²) < 4.78 is 22.7. The Bertz CT molecular complexity index is 1430. The lowest BCUT2D eigenvalue weighted by atomic mass is 9.97. The van der Waals surface area contributed by atoms with E-state index >= 15 is 0 Å². The highest BCUT2D eigenvalue weighted by molar-refractivity contribution is 5.76. The zero-order valence-corrected chi connectivity index (χ0v) is 48.7. The van der Waals surface area contributed by atoms with Crippen molar-refractivity contribution in [2.24, 2.45) is 0 Å². The Morgan fingerprint density at radius 2 is 0.831 bits per heavy atom. The number of carbonyl (C=O) groups is 1. The number of ether oxygens (including phenoxy) is 4. The third-order valence-electron chi connectivity index (χ3n) is 15.6. The number of allylic oxidation sites excluding steroid dienone is 5. The molecule has 0 aromatic heterocycles. The Hall–Kier alpha value is -1.79. The fraction of sp³-hybridized carbons (Fsp3) is 0.889. The largest absolute Gasteiger partial charge is 0.394 e. The van der Waals surface area contributed by atoms with E-state index in [1.165, 1.54) is 186 Å². The Kier molecular flexibility index (Phi) is 45.3. The van der Waals surface area contributed by atoms with Gasteiger partial charge in [-0.15, -0.1) is 0 Å². The molecule has 0 radical (unpaired) electrons. The summed E-state index contributed by atoms with van der Waals surface area (Å²) in [6.45, 7) is 2.77. The first-order valence-electron chi connectivity index (χ1n) is 31.7. The number of carbonyl (C=O) groups excluding carboxylic acids is 1. The van der Waals surface area contributed by atoms with Gasteiger partial charge in [0.1, 0.15) is 48.8 Å². The van der Waals surface area contributed by atoms with Gasteiger partial charge in [-0.2, -0.15) is 0 Å². The van der Waals surface area contributed by atoms with Crippen molar-refractivity contribution < 1.29 is 64.6 Å². The summed E-state index contributed by atoms with van der Waals surface area (Å²) in [5.74, 6) is -0.253. The number of nitrogens with one attached hydrogen (secondary N) is 1. The molecule has 2 aliphatic rings. The van der Waals surface area contributed by atoms with Crippen LogP contribution in [0, 0.1) is 0 Å². The number of aliphatic hydroxyl groups is 8. The molecule has 0 saturated carbocycles. The van der Waals surface area contributed by atoms with E-state index in [1.54, 1.807) is 6.08 Å². The molecule has 0 spiro atoms. The fourth-order valence-corrected chi connectivity index (χ4v) is 10.4. The summed E-state index contributed by atoms with van der Waals surface area (Å²) in [7, 11) is 0. The molecule has 2 heterocycles. The van der Waals surface area contributed by atoms with E-state index in [0.717, 1.165) is 44.9 Å². The van der Waals surface area contributed by atoms with Gasteiger partial charge in [-0.3, -0.25) is 4.79 Å². The minimum absolute atomic E-state index is 0.253. The highest BCUT2D eigenvalue weighted by Crippen LogP contribution is 2.30. The van der Waals surface area contributed by atoms with E-state index in [2.05, 4.69) is 43.5 Å². The third kappa shape index (κ3) is 34.3. The van der Waals surface area contributed by atoms with Gasteiger partial charge in [0.15, 0.2) is 12.6 Å². The Morgan fingerprint density at radius 1 is 0.455 bits per heavy atom. The molecule has 0 aromatic rings. The number of rotatable bonds is 51. The number of hydrogen-bond acceptors (Lipinski definition) is 13. The van der Waals surface area contributed by atoms with Crippen molar-refractivity contribution in [3.8, 4) is 0 Å². The van der Waals surface area contributed by atoms with E-state index in [-0.39, 0.29) is 18.9 Å². The van der Waals surface area contributed by atoms with Gasteiger partial charge in [-0.1, -0.05) is 249 Å². The molecular weight excluding hydrogens is 979 g/mol. The first kappa shape index (κ1) is 71.3. The molecule has 12 atom stereocenters. The molecule has 2 saturated heterocycles. The van der Waals surface area contributed by atoms with Crippen molar-refractivity contribution in [2.75, 3.05) is 19.8 Å². The lowest BCUT2D eigenvalue weighted by molar-refractivity contribution is -0.359. The van der Waals surface area contributed by atoms with Gasteiger partial charge in [0.2, 0.25) is 5.91 Å². The zero-order chi connectivity index (χ0) is 56.0. The average molecular weight is 1100 g/mol. The lowest BCUT2D eigenvalue weighted by Gasteiger charge is -2.46. The second-order valence-corrected chi connectivity index (χ2v) is 22.5. The number of amides is 1. The second-order valence-electron chi connectivity index (χ2n) is 22.5. The summed E-state index contributed by atoms with van der Waals surface area (Å²) >= 11 is 0. The van der Waals surface area contributed by atoms with Crippen molar-refractivity contribution in [1.82, 2.24) is 5.32 Å². The molecule has 0 bridgehead atoms. The lowest BCUT2D eigenvalue weighted by Crippen LogP contribution is -2.65. The van der Waals surface area contributed by atoms with E-state index in [4.69, 9.17) is 18.9 Å². The summed E-state index contributed by atoms with van der Waals surface area (Å²) in [5.41, 5.74) is 0. The molecule has 9 N–H and O–H groups in total. The minimum Gasteiger partial charge on any atom is -0.394 e. The van der Waals surface area contributed by atoms with Crippen LogP contribution in [-0.2, 0) is 23.7 Å². The molecule has 0 aliphatic carbocycles. The maximum atomic E-state index is 13.2. The van der Waals surface area contributed by atoms with Crippen LogP contribution in [0.15, 0.2) is 36.5 Å². The molecular formula is C63H117NO13. The SMILES string of the molecule is CCCCCCCCCCCCCCCCCCCCCCCC/C=C/CC/C=C/CC/C=C/C(O)C(COC1OC(CO)C(OC2OC(CO)C(O)C(O)C2O)C(O)C1O)NC(=O)CCCCCCCCCCCCC. The highest BCUT2D eigenvalue weighted by Gasteiger charge is 2.51. The van der Waals surface area contributed by atoms with Crippen LogP contribution in [0.1, 0.15) is 264 Å². The monoisotopic (exact) mass is 1100 g/mol. The van der Waals surface area contributed by atoms with Crippen LogP contribution in [0.5, 0.6) is 0 Å². The molecule has 0 aromatic carbocycles. The van der Waals surface area contributed by atoms with E-state index in [9.17, 15) is 45.6 Å². The van der Waals surface area contributed by atoms with Crippen molar-refractivity contribution >= 4 is 5.91 Å². The first-order valence-corrected chi connectivity index (χ1v) is 31.7. The zero-order valence-electron chi connectivity index (χ0n) is 48.7. The summed E-state index contributed by atoms with van der Waals surface area (Å²) in [5, 5.41) is 87.0. The van der Waals surface area contributed by atoms with Crippen LogP contribution < -0.4 is 5.32 Å². The molecule has 2 aliphatic heterocycles. The molecule has 452 valence electrons. The molecule has 1 amide bonds. The summed E-state index contributed by atoms with van der Waals surface area (Å²) in [4.78, 5) is 13.2. The number of unbranched alkanes of at least 4 members (excludes halogenated alkanes) is 34.